The van der Waals surface area contributed by atoms with Gasteiger partial charge in [0, 0.05) is 9.79 Å². The molecular formula is C26H32S2. The predicted octanol–water partition coefficient (Wildman–Crippen LogP) is 9.09. The van der Waals surface area contributed by atoms with Crippen molar-refractivity contribution in [3.05, 3.63) is 48.5 Å². The predicted molar refractivity (Wildman–Crippen MR) is 129 cm³/mol. The number of benzene rings is 3. The third-order valence-corrected chi connectivity index (χ3v) is 8.23. The highest BCUT2D eigenvalue weighted by Gasteiger charge is 2.09. The topological polar surface area (TPSA) is 0 Å². The van der Waals surface area contributed by atoms with Gasteiger partial charge < -0.3 is 0 Å². The minimum absolute atomic E-state index is 1.26. The number of rotatable bonds is 0. The van der Waals surface area contributed by atoms with Crippen LogP contribution < -0.4 is 0 Å². The summed E-state index contributed by atoms with van der Waals surface area (Å²) in [6.45, 7) is 0. The van der Waals surface area contributed by atoms with Gasteiger partial charge in [-0.15, -0.1) is 23.5 Å². The Kier molecular flexibility index (Phi) is 7.63. The van der Waals surface area contributed by atoms with E-state index in [2.05, 4.69) is 72.1 Å². The lowest BCUT2D eigenvalue weighted by atomic mass is 10.0. The van der Waals surface area contributed by atoms with Crippen LogP contribution in [0.1, 0.15) is 64.2 Å². The highest BCUT2D eigenvalue weighted by Crippen LogP contribution is 2.37. The van der Waals surface area contributed by atoms with Gasteiger partial charge >= 0.3 is 0 Å². The first-order valence-electron chi connectivity index (χ1n) is 11.1. The molecule has 1 aliphatic rings. The van der Waals surface area contributed by atoms with Crippen LogP contribution in [-0.2, 0) is 0 Å². The first-order valence-corrected chi connectivity index (χ1v) is 13.1. The molecule has 28 heavy (non-hydrogen) atoms. The smallest absolute Gasteiger partial charge is 0.0214 e. The highest BCUT2D eigenvalue weighted by atomic mass is 32.2. The molecule has 0 N–H and O–H groups in total. The van der Waals surface area contributed by atoms with Crippen molar-refractivity contribution in [3.63, 3.8) is 0 Å². The molecule has 0 atom stereocenters. The number of hydrogen-bond donors (Lipinski definition) is 0. The average Bonchev–Trinajstić information content (AvgIpc) is 2.71. The van der Waals surface area contributed by atoms with E-state index >= 15 is 0 Å². The Labute approximate surface area is 178 Å². The van der Waals surface area contributed by atoms with E-state index in [9.17, 15) is 0 Å². The van der Waals surface area contributed by atoms with Crippen LogP contribution >= 0.6 is 23.5 Å². The number of hydrogen-bond acceptors (Lipinski definition) is 2. The maximum absolute atomic E-state index is 2.46. The minimum Gasteiger partial charge on any atom is -0.125 e. The maximum atomic E-state index is 2.46. The highest BCUT2D eigenvalue weighted by molar-refractivity contribution is 8.02. The SMILES string of the molecule is c1ccc2cc3cc4c(cc3cc2c1)SCCCCCCCCCCCCS4. The quantitative estimate of drug-likeness (QED) is 0.340. The zero-order valence-corrected chi connectivity index (χ0v) is 18.6. The van der Waals surface area contributed by atoms with Crippen molar-refractivity contribution < 1.29 is 0 Å². The summed E-state index contributed by atoms with van der Waals surface area (Å²) in [5.74, 6) is 2.51. The molecule has 2 heteroatoms. The Morgan fingerprint density at radius 2 is 0.821 bits per heavy atom. The van der Waals surface area contributed by atoms with Crippen molar-refractivity contribution in [3.8, 4) is 0 Å². The van der Waals surface area contributed by atoms with Gasteiger partial charge in [0.2, 0.25) is 0 Å². The Hall–Kier alpha value is -1.12. The molecule has 0 amide bonds. The van der Waals surface area contributed by atoms with Gasteiger partial charge in [-0.2, -0.15) is 0 Å². The van der Waals surface area contributed by atoms with E-state index in [0.29, 0.717) is 0 Å². The average molecular weight is 409 g/mol. The summed E-state index contributed by atoms with van der Waals surface area (Å²) in [7, 11) is 0. The Morgan fingerprint density at radius 3 is 1.25 bits per heavy atom. The second kappa shape index (κ2) is 10.6. The summed E-state index contributed by atoms with van der Waals surface area (Å²) >= 11 is 4.16. The zero-order valence-electron chi connectivity index (χ0n) is 16.9. The lowest BCUT2D eigenvalue weighted by molar-refractivity contribution is 0.563. The molecule has 4 rings (SSSR count). The largest absolute Gasteiger partial charge is 0.125 e. The van der Waals surface area contributed by atoms with E-state index in [1.54, 1.807) is 0 Å². The molecule has 0 nitrogen and oxygen atoms in total. The first kappa shape index (κ1) is 20.2. The summed E-state index contributed by atoms with van der Waals surface area (Å²) in [4.78, 5) is 3.00. The van der Waals surface area contributed by atoms with E-state index in [4.69, 9.17) is 0 Å². The van der Waals surface area contributed by atoms with E-state index in [0.717, 1.165) is 0 Å². The Bertz CT molecular complexity index is 825. The summed E-state index contributed by atoms with van der Waals surface area (Å²) in [5, 5.41) is 5.47. The Balaban J connectivity index is 1.58. The maximum Gasteiger partial charge on any atom is 0.0214 e. The lowest BCUT2D eigenvalue weighted by Crippen LogP contribution is -1.89. The summed E-state index contributed by atoms with van der Waals surface area (Å²) in [6.07, 6.45) is 14.1. The van der Waals surface area contributed by atoms with Crippen molar-refractivity contribution in [1.82, 2.24) is 0 Å². The normalized spacial score (nSPS) is 18.1. The molecule has 0 spiro atoms. The molecule has 1 heterocycles. The summed E-state index contributed by atoms with van der Waals surface area (Å²) in [6, 6.07) is 18.4. The fraction of sp³-hybridized carbons (Fsp3) is 0.462. The fourth-order valence-electron chi connectivity index (χ4n) is 4.16. The van der Waals surface area contributed by atoms with Gasteiger partial charge in [0.1, 0.15) is 0 Å². The van der Waals surface area contributed by atoms with Crippen LogP contribution in [0.5, 0.6) is 0 Å². The molecule has 1 aliphatic heterocycles. The summed E-state index contributed by atoms with van der Waals surface area (Å²) in [5.41, 5.74) is 0. The molecule has 0 radical (unpaired) electrons. The molecular weight excluding hydrogens is 376 g/mol. The third-order valence-electron chi connectivity index (χ3n) is 5.82. The second-order valence-corrected chi connectivity index (χ2v) is 10.4. The van der Waals surface area contributed by atoms with E-state index in [1.165, 1.54) is 107 Å². The molecule has 3 aromatic rings. The van der Waals surface area contributed by atoms with Crippen LogP contribution in [0.15, 0.2) is 58.3 Å². The van der Waals surface area contributed by atoms with Gasteiger partial charge in [0.05, 0.1) is 0 Å². The van der Waals surface area contributed by atoms with Crippen molar-refractivity contribution in [1.29, 1.82) is 0 Å². The van der Waals surface area contributed by atoms with Crippen LogP contribution in [0.2, 0.25) is 0 Å². The van der Waals surface area contributed by atoms with Crippen LogP contribution in [0.25, 0.3) is 21.5 Å². The molecule has 0 aromatic heterocycles. The molecule has 0 bridgehead atoms. The van der Waals surface area contributed by atoms with Gasteiger partial charge in [-0.1, -0.05) is 75.6 Å². The lowest BCUT2D eigenvalue weighted by Gasteiger charge is -2.13. The monoisotopic (exact) mass is 408 g/mol. The van der Waals surface area contributed by atoms with Crippen LogP contribution in [0.4, 0.5) is 0 Å². The zero-order chi connectivity index (χ0) is 19.0. The first-order chi connectivity index (χ1) is 13.9. The van der Waals surface area contributed by atoms with Crippen molar-refractivity contribution >= 4 is 45.1 Å². The van der Waals surface area contributed by atoms with Crippen molar-refractivity contribution in [2.24, 2.45) is 0 Å². The molecule has 3 aromatic carbocycles. The molecule has 0 fully saturated rings. The molecule has 0 unspecified atom stereocenters. The number of fused-ring (bicyclic) bond motifs is 3. The van der Waals surface area contributed by atoms with Crippen molar-refractivity contribution in [2.75, 3.05) is 11.5 Å². The van der Waals surface area contributed by atoms with Crippen LogP contribution in [0, 0.1) is 0 Å². The van der Waals surface area contributed by atoms with Gasteiger partial charge in [0.15, 0.2) is 0 Å². The molecule has 0 saturated heterocycles. The molecule has 0 aliphatic carbocycles. The van der Waals surface area contributed by atoms with Gasteiger partial charge in [-0.3, -0.25) is 0 Å². The summed E-state index contributed by atoms with van der Waals surface area (Å²) < 4.78 is 0. The third kappa shape index (κ3) is 5.48. The van der Waals surface area contributed by atoms with Gasteiger partial charge in [0.25, 0.3) is 0 Å². The van der Waals surface area contributed by atoms with E-state index in [1.807, 2.05) is 0 Å². The van der Waals surface area contributed by atoms with Gasteiger partial charge in [-0.25, -0.2) is 0 Å². The standard InChI is InChI=1S/C26H32S2/c1-2-4-6-8-12-16-28-26-20-24-18-22-14-10-9-13-21(22)17-23(24)19-25(26)27-15-11-7-5-3-1/h9-10,13-14,17-20H,1-8,11-12,15-16H2. The second-order valence-electron chi connectivity index (χ2n) is 8.08. The molecule has 0 saturated carbocycles. The van der Waals surface area contributed by atoms with Crippen molar-refractivity contribution in [2.45, 2.75) is 74.0 Å². The van der Waals surface area contributed by atoms with E-state index < -0.39 is 0 Å². The van der Waals surface area contributed by atoms with Crippen LogP contribution in [-0.4, -0.2) is 11.5 Å². The molecule has 148 valence electrons. The minimum atomic E-state index is 1.26. The Morgan fingerprint density at radius 1 is 0.429 bits per heavy atom. The fourth-order valence-corrected chi connectivity index (χ4v) is 6.47. The van der Waals surface area contributed by atoms with E-state index in [-0.39, 0.29) is 0 Å². The van der Waals surface area contributed by atoms with Crippen LogP contribution in [0.3, 0.4) is 0 Å². The van der Waals surface area contributed by atoms with Gasteiger partial charge in [-0.05, 0) is 70.2 Å². The number of thioether (sulfide) groups is 2.